The molecular weight excluding hydrogens is 400 g/mol. The van der Waals surface area contributed by atoms with Crippen molar-refractivity contribution in [3.05, 3.63) is 57.1 Å². The van der Waals surface area contributed by atoms with Gasteiger partial charge in [-0.15, -0.1) is 11.3 Å². The minimum Gasteiger partial charge on any atom is -0.379 e. The summed E-state index contributed by atoms with van der Waals surface area (Å²) in [6.45, 7) is 12.7. The van der Waals surface area contributed by atoms with Gasteiger partial charge in [-0.25, -0.2) is 0 Å². The quantitative estimate of drug-likeness (QED) is 0.450. The number of rotatable bonds is 7. The van der Waals surface area contributed by atoms with Crippen LogP contribution in [0.25, 0.3) is 10.2 Å². The van der Waals surface area contributed by atoms with E-state index in [1.54, 1.807) is 0 Å². The van der Waals surface area contributed by atoms with Gasteiger partial charge in [-0.2, -0.15) is 0 Å². The Hall–Kier alpha value is -1.33. The summed E-state index contributed by atoms with van der Waals surface area (Å²) in [5, 5.41) is 3.17. The zero-order valence-electron chi connectivity index (χ0n) is 17.7. The molecule has 156 valence electrons. The van der Waals surface area contributed by atoms with Gasteiger partial charge in [0.05, 0.1) is 23.4 Å². The van der Waals surface area contributed by atoms with Gasteiger partial charge in [0.1, 0.15) is 0 Å². The van der Waals surface area contributed by atoms with Crippen LogP contribution in [0.2, 0.25) is 5.02 Å². The Morgan fingerprint density at radius 1 is 1.17 bits per heavy atom. The van der Waals surface area contributed by atoms with Crippen molar-refractivity contribution in [2.24, 2.45) is 0 Å². The summed E-state index contributed by atoms with van der Waals surface area (Å²) in [5.41, 5.74) is 6.70. The second kappa shape index (κ2) is 9.22. The third-order valence-corrected chi connectivity index (χ3v) is 7.84. The van der Waals surface area contributed by atoms with Crippen molar-refractivity contribution in [3.63, 3.8) is 0 Å². The zero-order valence-corrected chi connectivity index (χ0v) is 19.3. The van der Waals surface area contributed by atoms with Gasteiger partial charge in [0.25, 0.3) is 0 Å². The van der Waals surface area contributed by atoms with Gasteiger partial charge in [0, 0.05) is 43.3 Å². The van der Waals surface area contributed by atoms with Crippen molar-refractivity contribution < 1.29 is 4.74 Å². The average Bonchev–Trinajstić information content (AvgIpc) is 3.30. The minimum atomic E-state index is 0.489. The number of morpholine rings is 1. The Balaban J connectivity index is 1.62. The predicted octanol–water partition coefficient (Wildman–Crippen LogP) is 6.10. The summed E-state index contributed by atoms with van der Waals surface area (Å²) in [7, 11) is 0. The number of hydrogen-bond acceptors (Lipinski definition) is 3. The first-order chi connectivity index (χ1) is 14.1. The molecule has 3 nitrogen and oxygen atoms in total. The maximum absolute atomic E-state index is 6.86. The molecule has 0 aliphatic carbocycles. The van der Waals surface area contributed by atoms with E-state index in [2.05, 4.69) is 59.9 Å². The number of nitrogens with zero attached hydrogens (tertiary/aromatic N) is 2. The summed E-state index contributed by atoms with van der Waals surface area (Å²) in [4.78, 5) is 2.51. The fourth-order valence-electron chi connectivity index (χ4n) is 4.34. The van der Waals surface area contributed by atoms with Crippen molar-refractivity contribution in [1.29, 1.82) is 0 Å². The highest BCUT2D eigenvalue weighted by Gasteiger charge is 2.19. The average molecular weight is 431 g/mol. The molecular formula is C24H31ClN2OS. The predicted molar refractivity (Wildman–Crippen MR) is 125 cm³/mol. The molecule has 0 radical (unpaired) electrons. The molecule has 1 aliphatic heterocycles. The molecule has 0 saturated carbocycles. The SMILES string of the molecule is CCC(C)c1cccc(Cc2c(C)n(CCN3CCOCC3)c3ccsc23)c1Cl. The fourth-order valence-corrected chi connectivity index (χ4v) is 5.71. The van der Waals surface area contributed by atoms with Gasteiger partial charge in [0.15, 0.2) is 0 Å². The van der Waals surface area contributed by atoms with Crippen LogP contribution in [0.15, 0.2) is 29.6 Å². The van der Waals surface area contributed by atoms with E-state index in [0.717, 1.165) is 57.3 Å². The second-order valence-electron chi connectivity index (χ2n) is 8.11. The van der Waals surface area contributed by atoms with Gasteiger partial charge >= 0.3 is 0 Å². The van der Waals surface area contributed by atoms with E-state index >= 15 is 0 Å². The smallest absolute Gasteiger partial charge is 0.0595 e. The van der Waals surface area contributed by atoms with Crippen LogP contribution in [0.5, 0.6) is 0 Å². The second-order valence-corrected chi connectivity index (χ2v) is 9.41. The zero-order chi connectivity index (χ0) is 20.4. The number of hydrogen-bond donors (Lipinski definition) is 0. The lowest BCUT2D eigenvalue weighted by molar-refractivity contribution is 0.0365. The summed E-state index contributed by atoms with van der Waals surface area (Å²) in [5.74, 6) is 0.489. The van der Waals surface area contributed by atoms with Crippen LogP contribution in [0.1, 0.15) is 48.6 Å². The van der Waals surface area contributed by atoms with Crippen molar-refractivity contribution in [2.45, 2.75) is 46.1 Å². The van der Waals surface area contributed by atoms with E-state index in [-0.39, 0.29) is 0 Å². The molecule has 1 aliphatic rings. The van der Waals surface area contributed by atoms with Crippen LogP contribution in [-0.2, 0) is 17.7 Å². The normalized spacial score (nSPS) is 16.6. The molecule has 4 rings (SSSR count). The molecule has 1 unspecified atom stereocenters. The summed E-state index contributed by atoms with van der Waals surface area (Å²) in [6.07, 6.45) is 2.01. The van der Waals surface area contributed by atoms with Gasteiger partial charge < -0.3 is 9.30 Å². The Labute approximate surface area is 183 Å². The monoisotopic (exact) mass is 430 g/mol. The highest BCUT2D eigenvalue weighted by Crippen LogP contribution is 2.36. The van der Waals surface area contributed by atoms with Crippen molar-refractivity contribution in [2.75, 3.05) is 32.8 Å². The molecule has 0 spiro atoms. The first-order valence-corrected chi connectivity index (χ1v) is 12.0. The number of thiophene rings is 1. The molecule has 5 heteroatoms. The highest BCUT2D eigenvalue weighted by molar-refractivity contribution is 7.17. The largest absolute Gasteiger partial charge is 0.379 e. The van der Waals surface area contributed by atoms with Gasteiger partial charge in [0.2, 0.25) is 0 Å². The van der Waals surface area contributed by atoms with E-state index in [4.69, 9.17) is 16.3 Å². The Kier molecular flexibility index (Phi) is 6.65. The van der Waals surface area contributed by atoms with Crippen LogP contribution in [0.4, 0.5) is 0 Å². The van der Waals surface area contributed by atoms with E-state index in [1.807, 2.05) is 11.3 Å². The van der Waals surface area contributed by atoms with Crippen molar-refractivity contribution in [1.82, 2.24) is 9.47 Å². The molecule has 0 N–H and O–H groups in total. The Bertz CT molecular complexity index is 971. The highest BCUT2D eigenvalue weighted by atomic mass is 35.5. The number of aromatic nitrogens is 1. The van der Waals surface area contributed by atoms with Gasteiger partial charge in [-0.3, -0.25) is 4.90 Å². The number of ether oxygens (including phenoxy) is 1. The number of benzene rings is 1. The first kappa shape index (κ1) is 20.9. The summed E-state index contributed by atoms with van der Waals surface area (Å²) in [6, 6.07) is 8.81. The minimum absolute atomic E-state index is 0.489. The van der Waals surface area contributed by atoms with E-state index < -0.39 is 0 Å². The Morgan fingerprint density at radius 3 is 2.72 bits per heavy atom. The van der Waals surface area contributed by atoms with Crippen molar-refractivity contribution >= 4 is 33.2 Å². The summed E-state index contributed by atoms with van der Waals surface area (Å²) < 4.78 is 9.40. The van der Waals surface area contributed by atoms with Gasteiger partial charge in [-0.05, 0) is 47.4 Å². The van der Waals surface area contributed by atoms with Crippen molar-refractivity contribution in [3.8, 4) is 0 Å². The molecule has 2 aromatic heterocycles. The fraction of sp³-hybridized carbons (Fsp3) is 0.500. The third kappa shape index (κ3) is 4.27. The molecule has 1 aromatic carbocycles. The molecule has 1 atom stereocenters. The van der Waals surface area contributed by atoms with Gasteiger partial charge in [-0.1, -0.05) is 43.6 Å². The molecule has 0 amide bonds. The molecule has 3 aromatic rings. The van der Waals surface area contributed by atoms with E-state index in [1.165, 1.54) is 32.6 Å². The third-order valence-electron chi connectivity index (χ3n) is 6.41. The van der Waals surface area contributed by atoms with Crippen LogP contribution in [0, 0.1) is 6.92 Å². The molecule has 1 fully saturated rings. The first-order valence-electron chi connectivity index (χ1n) is 10.7. The molecule has 1 saturated heterocycles. The molecule has 3 heterocycles. The number of fused-ring (bicyclic) bond motifs is 1. The maximum atomic E-state index is 6.86. The van der Waals surface area contributed by atoms with E-state index in [9.17, 15) is 0 Å². The maximum Gasteiger partial charge on any atom is 0.0595 e. The van der Waals surface area contributed by atoms with Crippen LogP contribution < -0.4 is 0 Å². The summed E-state index contributed by atoms with van der Waals surface area (Å²) >= 11 is 8.71. The lowest BCUT2D eigenvalue weighted by Crippen LogP contribution is -2.38. The lowest BCUT2D eigenvalue weighted by atomic mass is 9.94. The van der Waals surface area contributed by atoms with Crippen LogP contribution in [0.3, 0.4) is 0 Å². The van der Waals surface area contributed by atoms with Crippen LogP contribution in [-0.4, -0.2) is 42.3 Å². The van der Waals surface area contributed by atoms with E-state index in [0.29, 0.717) is 5.92 Å². The molecule has 29 heavy (non-hydrogen) atoms. The van der Waals surface area contributed by atoms with Crippen LogP contribution >= 0.6 is 22.9 Å². The number of halogens is 1. The molecule has 0 bridgehead atoms. The Morgan fingerprint density at radius 2 is 1.97 bits per heavy atom. The lowest BCUT2D eigenvalue weighted by Gasteiger charge is -2.27. The standard InChI is InChI=1S/C24H31ClN2OS/c1-4-17(2)20-7-5-6-19(23(20)25)16-21-18(3)27(22-8-15-29-24(21)22)10-9-26-11-13-28-14-12-26/h5-8,15,17H,4,9-14,16H2,1-3H3. The topological polar surface area (TPSA) is 17.4 Å².